The lowest BCUT2D eigenvalue weighted by Gasteiger charge is -2.08. The van der Waals surface area contributed by atoms with Gasteiger partial charge < -0.3 is 10.1 Å². The molecule has 0 saturated carbocycles. The van der Waals surface area contributed by atoms with Crippen LogP contribution in [0.4, 0.5) is 5.69 Å². The molecule has 2 heterocycles. The van der Waals surface area contributed by atoms with Crippen molar-refractivity contribution in [3.05, 3.63) is 63.2 Å². The van der Waals surface area contributed by atoms with Crippen LogP contribution >= 0.6 is 15.9 Å². The van der Waals surface area contributed by atoms with Crippen molar-refractivity contribution in [1.29, 1.82) is 0 Å². The molecule has 22 heavy (non-hydrogen) atoms. The number of halogens is 1. The molecule has 2 aromatic carbocycles. The van der Waals surface area contributed by atoms with Crippen molar-refractivity contribution in [2.45, 2.75) is 6.23 Å². The Morgan fingerprint density at radius 1 is 1.18 bits per heavy atom. The van der Waals surface area contributed by atoms with Crippen LogP contribution in [0.15, 0.2) is 51.9 Å². The van der Waals surface area contributed by atoms with E-state index < -0.39 is 6.23 Å². The lowest BCUT2D eigenvalue weighted by Crippen LogP contribution is -2.23. The fraction of sp³-hybridized carbons (Fsp3) is 0.0625. The fourth-order valence-corrected chi connectivity index (χ4v) is 3.25. The zero-order valence-corrected chi connectivity index (χ0v) is 12.9. The van der Waals surface area contributed by atoms with Crippen molar-refractivity contribution in [3.63, 3.8) is 0 Å². The van der Waals surface area contributed by atoms with Crippen LogP contribution < -0.4 is 16.1 Å². The van der Waals surface area contributed by atoms with E-state index in [1.165, 1.54) is 0 Å². The molecule has 0 aliphatic carbocycles. The highest BCUT2D eigenvalue weighted by atomic mass is 79.9. The molecule has 6 heteroatoms. The van der Waals surface area contributed by atoms with Crippen LogP contribution in [0, 0.1) is 0 Å². The summed E-state index contributed by atoms with van der Waals surface area (Å²) in [6, 6.07) is 13.3. The van der Waals surface area contributed by atoms with E-state index in [2.05, 4.69) is 31.4 Å². The fourth-order valence-electron chi connectivity index (χ4n) is 2.90. The highest BCUT2D eigenvalue weighted by Gasteiger charge is 2.24. The first-order chi connectivity index (χ1) is 10.7. The molecule has 1 aliphatic rings. The van der Waals surface area contributed by atoms with Crippen LogP contribution in [-0.2, 0) is 0 Å². The van der Waals surface area contributed by atoms with Gasteiger partial charge in [0.05, 0.1) is 16.7 Å². The van der Waals surface area contributed by atoms with Crippen LogP contribution in [0.2, 0.25) is 0 Å². The number of H-pyrrole nitrogens is 1. The second kappa shape index (κ2) is 4.95. The number of rotatable bonds is 2. The van der Waals surface area contributed by atoms with E-state index in [-0.39, 0.29) is 0 Å². The van der Waals surface area contributed by atoms with Gasteiger partial charge in [-0.1, -0.05) is 40.2 Å². The smallest absolute Gasteiger partial charge is 0.174 e. The first kappa shape index (κ1) is 13.5. The number of para-hydroxylation sites is 1. The Morgan fingerprint density at radius 2 is 2.00 bits per heavy atom. The second-order valence-electron chi connectivity index (χ2n) is 5.11. The summed E-state index contributed by atoms with van der Waals surface area (Å²) in [4.78, 5) is 7.53. The monoisotopic (exact) mass is 357 g/mol. The van der Waals surface area contributed by atoms with Gasteiger partial charge in [-0.15, -0.1) is 0 Å². The standard InChI is InChI=1S/C16H12BrN3O2/c17-8-5-6-9-12(7-8)19-16(21)13(9)15-14(20-22)10-3-1-2-4-11(10)18-15/h1-7,16,18,20-22H. The van der Waals surface area contributed by atoms with E-state index in [4.69, 9.17) is 0 Å². The molecule has 0 spiro atoms. The summed E-state index contributed by atoms with van der Waals surface area (Å²) in [7, 11) is 0. The van der Waals surface area contributed by atoms with E-state index in [0.717, 1.165) is 26.0 Å². The number of hydrogen-bond donors (Lipinski definition) is 4. The average molecular weight is 358 g/mol. The normalized spacial score (nSPS) is 16.7. The van der Waals surface area contributed by atoms with Crippen LogP contribution in [0.25, 0.3) is 16.5 Å². The van der Waals surface area contributed by atoms with E-state index >= 15 is 0 Å². The summed E-state index contributed by atoms with van der Waals surface area (Å²) < 4.78 is 0.903. The number of benzene rings is 2. The minimum absolute atomic E-state index is 0.538. The molecule has 0 amide bonds. The Balaban J connectivity index is 2.09. The molecule has 3 aromatic rings. The van der Waals surface area contributed by atoms with Crippen molar-refractivity contribution in [2.24, 2.45) is 4.99 Å². The highest BCUT2D eigenvalue weighted by Crippen LogP contribution is 2.32. The Kier molecular flexibility index (Phi) is 3.04. The number of anilines is 1. The van der Waals surface area contributed by atoms with Gasteiger partial charge in [0, 0.05) is 26.2 Å². The van der Waals surface area contributed by atoms with Crippen molar-refractivity contribution in [2.75, 3.05) is 5.48 Å². The molecule has 4 rings (SSSR count). The minimum atomic E-state index is -0.968. The number of hydrogen-bond acceptors (Lipinski definition) is 4. The van der Waals surface area contributed by atoms with Crippen molar-refractivity contribution >= 4 is 38.1 Å². The Bertz CT molecular complexity index is 1010. The third-order valence-corrected chi connectivity index (χ3v) is 4.35. The van der Waals surface area contributed by atoms with E-state index in [1.54, 1.807) is 0 Å². The van der Waals surface area contributed by atoms with E-state index in [1.807, 2.05) is 42.5 Å². The van der Waals surface area contributed by atoms with Gasteiger partial charge in [-0.3, -0.25) is 10.7 Å². The first-order valence-electron chi connectivity index (χ1n) is 6.76. The number of nitrogens with one attached hydrogen (secondary N) is 2. The predicted molar refractivity (Wildman–Crippen MR) is 87.1 cm³/mol. The number of fused-ring (bicyclic) bond motifs is 2. The Hall–Kier alpha value is -2.15. The molecule has 5 nitrogen and oxygen atoms in total. The van der Waals surface area contributed by atoms with Gasteiger partial charge in [0.25, 0.3) is 0 Å². The topological polar surface area (TPSA) is 80.6 Å². The summed E-state index contributed by atoms with van der Waals surface area (Å²) in [6.07, 6.45) is -0.968. The van der Waals surface area contributed by atoms with Crippen LogP contribution in [0.5, 0.6) is 0 Å². The molecule has 1 atom stereocenters. The van der Waals surface area contributed by atoms with Crippen LogP contribution in [-0.4, -0.2) is 21.5 Å². The average Bonchev–Trinajstić information content (AvgIpc) is 3.02. The van der Waals surface area contributed by atoms with Crippen molar-refractivity contribution in [3.8, 4) is 0 Å². The number of aromatic nitrogens is 1. The Morgan fingerprint density at radius 3 is 2.82 bits per heavy atom. The molecular formula is C16H12BrN3O2. The molecular weight excluding hydrogens is 346 g/mol. The lowest BCUT2D eigenvalue weighted by molar-refractivity contribution is 0.242. The van der Waals surface area contributed by atoms with E-state index in [0.29, 0.717) is 17.0 Å². The van der Waals surface area contributed by atoms with Crippen LogP contribution in [0.3, 0.4) is 0 Å². The van der Waals surface area contributed by atoms with Gasteiger partial charge in [0.1, 0.15) is 0 Å². The molecule has 0 fully saturated rings. The molecule has 1 aliphatic heterocycles. The summed E-state index contributed by atoms with van der Waals surface area (Å²) in [5.74, 6) is 0. The summed E-state index contributed by atoms with van der Waals surface area (Å²) in [6.45, 7) is 0. The predicted octanol–water partition coefficient (Wildman–Crippen LogP) is 1.88. The second-order valence-corrected chi connectivity index (χ2v) is 6.03. The van der Waals surface area contributed by atoms with Crippen molar-refractivity contribution in [1.82, 2.24) is 4.98 Å². The minimum Gasteiger partial charge on any atom is -0.368 e. The largest absolute Gasteiger partial charge is 0.368 e. The van der Waals surface area contributed by atoms with Gasteiger partial charge in [-0.2, -0.15) is 0 Å². The van der Waals surface area contributed by atoms with Crippen molar-refractivity contribution < 1.29 is 10.3 Å². The molecule has 110 valence electrons. The van der Waals surface area contributed by atoms with Gasteiger partial charge in [-0.05, 0) is 18.2 Å². The zero-order chi connectivity index (χ0) is 15.3. The third-order valence-electron chi connectivity index (χ3n) is 3.86. The maximum Gasteiger partial charge on any atom is 0.174 e. The lowest BCUT2D eigenvalue weighted by atomic mass is 10.1. The molecule has 0 saturated heterocycles. The Labute approximate surface area is 133 Å². The number of aliphatic hydroxyl groups excluding tert-OH is 1. The van der Waals surface area contributed by atoms with Crippen LogP contribution in [0.1, 0.15) is 5.69 Å². The number of aliphatic hydroxyl groups is 1. The zero-order valence-electron chi connectivity index (χ0n) is 11.3. The molecule has 1 aromatic heterocycles. The molecule has 4 N–H and O–H groups in total. The van der Waals surface area contributed by atoms with Gasteiger partial charge in [-0.25, -0.2) is 4.99 Å². The highest BCUT2D eigenvalue weighted by molar-refractivity contribution is 9.10. The molecule has 0 radical (unpaired) electrons. The summed E-state index contributed by atoms with van der Waals surface area (Å²) in [5.41, 5.74) is 4.94. The maximum absolute atomic E-state index is 10.4. The maximum atomic E-state index is 10.4. The third kappa shape index (κ3) is 1.89. The summed E-state index contributed by atoms with van der Waals surface area (Å²) in [5, 5.41) is 22.3. The molecule has 1 unspecified atom stereocenters. The van der Waals surface area contributed by atoms with Gasteiger partial charge >= 0.3 is 0 Å². The first-order valence-corrected chi connectivity index (χ1v) is 7.55. The number of nitrogens with zero attached hydrogens (tertiary/aromatic N) is 1. The summed E-state index contributed by atoms with van der Waals surface area (Å²) >= 11 is 3.41. The van der Waals surface area contributed by atoms with Gasteiger partial charge in [0.2, 0.25) is 0 Å². The SMILES string of the molecule is ONc1c(C2=c3ccc(Br)cc3=NC2O)[nH]c2ccccc12. The van der Waals surface area contributed by atoms with Gasteiger partial charge in [0.15, 0.2) is 6.23 Å². The van der Waals surface area contributed by atoms with E-state index in [9.17, 15) is 10.3 Å². The molecule has 0 bridgehead atoms. The quantitative estimate of drug-likeness (QED) is 0.528. The number of aromatic amines is 1.